The molecule has 11 heavy (non-hydrogen) atoms. The van der Waals surface area contributed by atoms with Gasteiger partial charge in [-0.3, -0.25) is 10.1 Å². The molecule has 0 fully saturated rings. The molecule has 0 unspecified atom stereocenters. The molecule has 0 atom stereocenters. The number of rotatable bonds is 1. The summed E-state index contributed by atoms with van der Waals surface area (Å²) in [5, 5.41) is 10.1. The van der Waals surface area contributed by atoms with Crippen molar-refractivity contribution < 1.29 is 57.7 Å². The van der Waals surface area contributed by atoms with Crippen LogP contribution in [0.15, 0.2) is 29.2 Å². The van der Waals surface area contributed by atoms with Gasteiger partial charge < -0.3 is 1.43 Å². The predicted octanol–water partition coefficient (Wildman–Crippen LogP) is -1.00. The molecule has 0 aromatic heterocycles. The summed E-state index contributed by atoms with van der Waals surface area (Å²) in [6.07, 6.45) is 0. The van der Waals surface area contributed by atoms with E-state index in [0.717, 1.165) is 4.90 Å². The molecular weight excluding hydrogens is 189 g/mol. The Morgan fingerprint density at radius 2 is 1.82 bits per heavy atom. The van der Waals surface area contributed by atoms with Crippen molar-refractivity contribution >= 4 is 18.3 Å². The summed E-state index contributed by atoms with van der Waals surface area (Å²) < 4.78 is 0. The Morgan fingerprint density at radius 3 is 2.18 bits per heavy atom. The van der Waals surface area contributed by atoms with Gasteiger partial charge in [-0.05, 0) is 12.1 Å². The van der Waals surface area contributed by atoms with E-state index in [2.05, 4.69) is 12.6 Å². The maximum atomic E-state index is 10.1. The Hall–Kier alpha value is 0.606. The number of nitro groups is 1. The Morgan fingerprint density at radius 1 is 1.36 bits per heavy atom. The van der Waals surface area contributed by atoms with Gasteiger partial charge in [-0.1, -0.05) is 0 Å². The second kappa shape index (κ2) is 5.29. The number of nitro benzene ring substituents is 1. The van der Waals surface area contributed by atoms with Gasteiger partial charge in [0, 0.05) is 17.0 Å². The smallest absolute Gasteiger partial charge is 1.00 e. The fraction of sp³-hybridized carbons (Fsp3) is 0. The van der Waals surface area contributed by atoms with Crippen LogP contribution >= 0.6 is 12.6 Å². The zero-order valence-corrected chi connectivity index (χ0v) is 10.0. The zero-order chi connectivity index (χ0) is 7.56. The second-order valence-electron chi connectivity index (χ2n) is 1.77. The maximum absolute atomic E-state index is 10.1. The number of non-ortho nitro benzene ring substituents is 1. The Kier molecular flexibility index (Phi) is 5.58. The molecule has 0 saturated carbocycles. The van der Waals surface area contributed by atoms with Gasteiger partial charge in [0.15, 0.2) is 0 Å². The number of thiol groups is 1. The normalized spacial score (nSPS) is 8.45. The predicted molar refractivity (Wildman–Crippen MR) is 41.5 cm³/mol. The third kappa shape index (κ3) is 3.68. The SMILES string of the molecule is O=[N+]([O-])c1ccc(S)cc1.[H-].[K+]. The number of nitrogens with zero attached hydrogens (tertiary/aromatic N) is 1. The third-order valence-corrected chi connectivity index (χ3v) is 1.36. The molecule has 0 N–H and O–H groups in total. The molecule has 0 spiro atoms. The largest absolute Gasteiger partial charge is 1.00 e. The van der Waals surface area contributed by atoms with E-state index >= 15 is 0 Å². The van der Waals surface area contributed by atoms with Crippen LogP contribution in [0.5, 0.6) is 0 Å². The molecule has 0 aliphatic heterocycles. The standard InChI is InChI=1S/C6H5NO2S.K.H/c8-7(9)5-1-3-6(10)4-2-5;;/h1-4,10H;;/q;+1;-1. The molecule has 0 aliphatic carbocycles. The van der Waals surface area contributed by atoms with Crippen molar-refractivity contribution in [3.63, 3.8) is 0 Å². The van der Waals surface area contributed by atoms with E-state index in [1.807, 2.05) is 0 Å². The van der Waals surface area contributed by atoms with Gasteiger partial charge in [0.25, 0.3) is 5.69 Å². The third-order valence-electron chi connectivity index (χ3n) is 1.06. The van der Waals surface area contributed by atoms with Crippen molar-refractivity contribution in [3.8, 4) is 0 Å². The topological polar surface area (TPSA) is 43.1 Å². The summed E-state index contributed by atoms with van der Waals surface area (Å²) >= 11 is 3.98. The first-order valence-corrected chi connectivity index (χ1v) is 3.08. The molecule has 0 radical (unpaired) electrons. The van der Waals surface area contributed by atoms with Gasteiger partial charge in [-0.2, -0.15) is 0 Å². The minimum Gasteiger partial charge on any atom is -1.00 e. The Labute approximate surface area is 114 Å². The van der Waals surface area contributed by atoms with E-state index in [1.165, 1.54) is 12.1 Å². The van der Waals surface area contributed by atoms with E-state index in [0.29, 0.717) is 0 Å². The van der Waals surface area contributed by atoms with Crippen molar-refractivity contribution in [2.24, 2.45) is 0 Å². The first-order valence-electron chi connectivity index (χ1n) is 2.63. The maximum Gasteiger partial charge on any atom is 1.00 e. The molecular formula is C6H6KNO2S. The number of hydrogen-bond acceptors (Lipinski definition) is 3. The summed E-state index contributed by atoms with van der Waals surface area (Å²) in [6.45, 7) is 0. The van der Waals surface area contributed by atoms with Crippen LogP contribution in [0.1, 0.15) is 1.43 Å². The van der Waals surface area contributed by atoms with Gasteiger partial charge >= 0.3 is 51.4 Å². The Balaban J connectivity index is 0. The summed E-state index contributed by atoms with van der Waals surface area (Å²) in [5.74, 6) is 0. The molecule has 0 aliphatic rings. The average molecular weight is 195 g/mol. The Bertz CT molecular complexity index is 254. The first-order chi connectivity index (χ1) is 4.70. The zero-order valence-electron chi connectivity index (χ0n) is 7.02. The molecule has 0 heterocycles. The van der Waals surface area contributed by atoms with Crippen LogP contribution in [0.25, 0.3) is 0 Å². The van der Waals surface area contributed by atoms with Crippen molar-refractivity contribution in [2.45, 2.75) is 4.90 Å². The molecule has 0 saturated heterocycles. The van der Waals surface area contributed by atoms with E-state index < -0.39 is 4.92 Å². The summed E-state index contributed by atoms with van der Waals surface area (Å²) in [6, 6.07) is 6.01. The van der Waals surface area contributed by atoms with Crippen molar-refractivity contribution in [3.05, 3.63) is 34.4 Å². The molecule has 0 bridgehead atoms. The van der Waals surface area contributed by atoms with Crippen molar-refractivity contribution in [2.75, 3.05) is 0 Å². The minimum absolute atomic E-state index is 0. The monoisotopic (exact) mass is 195 g/mol. The van der Waals surface area contributed by atoms with Gasteiger partial charge in [0.05, 0.1) is 4.92 Å². The van der Waals surface area contributed by atoms with Crippen LogP contribution in [-0.4, -0.2) is 4.92 Å². The second-order valence-corrected chi connectivity index (χ2v) is 2.29. The summed E-state index contributed by atoms with van der Waals surface area (Å²) in [4.78, 5) is 10.4. The quantitative estimate of drug-likeness (QED) is 0.270. The number of benzene rings is 1. The van der Waals surface area contributed by atoms with E-state index in [-0.39, 0.29) is 58.5 Å². The molecule has 1 aromatic carbocycles. The van der Waals surface area contributed by atoms with Gasteiger partial charge in [0.2, 0.25) is 0 Å². The molecule has 1 aromatic rings. The van der Waals surface area contributed by atoms with Gasteiger partial charge in [0.1, 0.15) is 0 Å². The first kappa shape index (κ1) is 11.6. The van der Waals surface area contributed by atoms with Crippen LogP contribution in [0.3, 0.4) is 0 Å². The number of hydrogen-bond donors (Lipinski definition) is 1. The van der Waals surface area contributed by atoms with Crippen LogP contribution in [0, 0.1) is 10.1 Å². The van der Waals surface area contributed by atoms with Gasteiger partial charge in [-0.15, -0.1) is 12.6 Å². The molecule has 3 nitrogen and oxygen atoms in total. The van der Waals surface area contributed by atoms with Crippen LogP contribution < -0.4 is 51.4 Å². The van der Waals surface area contributed by atoms with Crippen molar-refractivity contribution in [1.82, 2.24) is 0 Å². The molecule has 5 heteroatoms. The fourth-order valence-corrected chi connectivity index (χ4v) is 0.723. The van der Waals surface area contributed by atoms with E-state index in [9.17, 15) is 10.1 Å². The summed E-state index contributed by atoms with van der Waals surface area (Å²) in [5.41, 5.74) is 0.0952. The van der Waals surface area contributed by atoms with Gasteiger partial charge in [-0.25, -0.2) is 0 Å². The van der Waals surface area contributed by atoms with Crippen LogP contribution in [0.2, 0.25) is 0 Å². The average Bonchev–Trinajstić information content (AvgIpc) is 1.88. The molecule has 54 valence electrons. The molecule has 1 rings (SSSR count). The van der Waals surface area contributed by atoms with Crippen molar-refractivity contribution in [1.29, 1.82) is 0 Å². The van der Waals surface area contributed by atoms with E-state index in [4.69, 9.17) is 0 Å². The molecule has 0 amide bonds. The van der Waals surface area contributed by atoms with Crippen LogP contribution in [-0.2, 0) is 0 Å². The summed E-state index contributed by atoms with van der Waals surface area (Å²) in [7, 11) is 0. The van der Waals surface area contributed by atoms with Crippen LogP contribution in [0.4, 0.5) is 5.69 Å². The van der Waals surface area contributed by atoms with E-state index in [1.54, 1.807) is 12.1 Å². The fourth-order valence-electron chi connectivity index (χ4n) is 0.574. The minimum atomic E-state index is -0.437.